The van der Waals surface area contributed by atoms with Crippen LogP contribution in [0.1, 0.15) is 11.1 Å². The number of nitrogens with two attached hydrogens (primary N) is 1. The summed E-state index contributed by atoms with van der Waals surface area (Å²) in [6.45, 7) is 2.59. The van der Waals surface area contributed by atoms with Crippen molar-refractivity contribution in [3.63, 3.8) is 0 Å². The second kappa shape index (κ2) is 3.74. The maximum absolute atomic E-state index is 5.84. The van der Waals surface area contributed by atoms with Crippen LogP contribution in [0, 0.1) is 10.5 Å². The lowest BCUT2D eigenvalue weighted by Crippen LogP contribution is -2.00. The Morgan fingerprint density at radius 3 is 2.73 bits per heavy atom. The number of benzene rings is 1. The van der Waals surface area contributed by atoms with Crippen LogP contribution >= 0.6 is 34.2 Å². The molecule has 2 N–H and O–H groups in total. The Bertz CT molecular complexity index is 273. The van der Waals surface area contributed by atoms with Crippen molar-refractivity contribution in [3.8, 4) is 0 Å². The van der Waals surface area contributed by atoms with Crippen LogP contribution in [0.5, 0.6) is 0 Å². The minimum atomic E-state index is 0.555. The van der Waals surface area contributed by atoms with Crippen LogP contribution in [-0.4, -0.2) is 0 Å². The highest BCUT2D eigenvalue weighted by Crippen LogP contribution is 2.21. The third kappa shape index (κ3) is 2.07. The summed E-state index contributed by atoms with van der Waals surface area (Å²) >= 11 is 8.12. The summed E-state index contributed by atoms with van der Waals surface area (Å²) in [6.07, 6.45) is 0. The Morgan fingerprint density at radius 2 is 2.18 bits per heavy atom. The first-order valence-corrected chi connectivity index (χ1v) is 4.75. The molecule has 0 bridgehead atoms. The van der Waals surface area contributed by atoms with Gasteiger partial charge in [-0.1, -0.05) is 11.6 Å². The molecular weight excluding hydrogens is 272 g/mol. The van der Waals surface area contributed by atoms with Crippen LogP contribution < -0.4 is 5.73 Å². The number of halogens is 2. The van der Waals surface area contributed by atoms with Gasteiger partial charge in [0.15, 0.2) is 0 Å². The normalized spacial score (nSPS) is 10.2. The highest BCUT2D eigenvalue weighted by atomic mass is 127. The van der Waals surface area contributed by atoms with Crippen molar-refractivity contribution in [1.82, 2.24) is 0 Å². The number of hydrogen-bond acceptors (Lipinski definition) is 1. The van der Waals surface area contributed by atoms with E-state index in [0.717, 1.165) is 10.6 Å². The van der Waals surface area contributed by atoms with E-state index in [1.807, 2.05) is 19.1 Å². The Hall–Kier alpha value is 0.200. The number of rotatable bonds is 1. The summed E-state index contributed by atoms with van der Waals surface area (Å²) in [5.41, 5.74) is 7.84. The van der Waals surface area contributed by atoms with Gasteiger partial charge in [0.25, 0.3) is 0 Å². The zero-order chi connectivity index (χ0) is 8.43. The van der Waals surface area contributed by atoms with E-state index in [0.29, 0.717) is 6.54 Å². The number of hydrogen-bond donors (Lipinski definition) is 1. The maximum Gasteiger partial charge on any atom is 0.0412 e. The number of aryl methyl sites for hydroxylation is 1. The van der Waals surface area contributed by atoms with E-state index in [9.17, 15) is 0 Å². The molecule has 1 aromatic rings. The highest BCUT2D eigenvalue weighted by molar-refractivity contribution is 14.1. The van der Waals surface area contributed by atoms with E-state index >= 15 is 0 Å². The molecule has 0 saturated heterocycles. The standard InChI is InChI=1S/C8H9ClIN/c1-5-2-7(9)3-6(4-11)8(5)10/h2-3H,4,11H2,1H3. The molecule has 0 atom stereocenters. The van der Waals surface area contributed by atoms with E-state index in [1.165, 1.54) is 9.13 Å². The molecule has 11 heavy (non-hydrogen) atoms. The smallest absolute Gasteiger partial charge is 0.0412 e. The van der Waals surface area contributed by atoms with E-state index < -0.39 is 0 Å². The molecular formula is C8H9ClIN. The molecule has 0 amide bonds. The van der Waals surface area contributed by atoms with E-state index in [4.69, 9.17) is 17.3 Å². The summed E-state index contributed by atoms with van der Waals surface area (Å²) in [7, 11) is 0. The topological polar surface area (TPSA) is 26.0 Å². The molecule has 1 aromatic carbocycles. The van der Waals surface area contributed by atoms with Gasteiger partial charge in [-0.3, -0.25) is 0 Å². The summed E-state index contributed by atoms with van der Waals surface area (Å²) in [4.78, 5) is 0. The van der Waals surface area contributed by atoms with E-state index in [2.05, 4.69) is 22.6 Å². The predicted molar refractivity (Wildman–Crippen MR) is 56.8 cm³/mol. The van der Waals surface area contributed by atoms with Crippen molar-refractivity contribution in [1.29, 1.82) is 0 Å². The molecule has 0 saturated carbocycles. The van der Waals surface area contributed by atoms with Gasteiger partial charge in [-0.15, -0.1) is 0 Å². The van der Waals surface area contributed by atoms with Crippen molar-refractivity contribution < 1.29 is 0 Å². The second-order valence-electron chi connectivity index (χ2n) is 2.40. The molecule has 60 valence electrons. The van der Waals surface area contributed by atoms with Gasteiger partial charge in [0.05, 0.1) is 0 Å². The van der Waals surface area contributed by atoms with E-state index in [1.54, 1.807) is 0 Å². The summed E-state index contributed by atoms with van der Waals surface area (Å²) in [5, 5.41) is 0.767. The first kappa shape index (κ1) is 9.29. The predicted octanol–water partition coefficient (Wildman–Crippen LogP) is 2.71. The molecule has 1 nitrogen and oxygen atoms in total. The molecule has 0 aliphatic carbocycles. The lowest BCUT2D eigenvalue weighted by Gasteiger charge is -2.04. The van der Waals surface area contributed by atoms with Crippen molar-refractivity contribution >= 4 is 34.2 Å². The van der Waals surface area contributed by atoms with Crippen molar-refractivity contribution in [3.05, 3.63) is 31.9 Å². The van der Waals surface area contributed by atoms with Crippen LogP contribution in [0.25, 0.3) is 0 Å². The molecule has 0 fully saturated rings. The Labute approximate surface area is 85.1 Å². The molecule has 0 unspecified atom stereocenters. The van der Waals surface area contributed by atoms with Gasteiger partial charge in [-0.25, -0.2) is 0 Å². The molecule has 3 heteroatoms. The SMILES string of the molecule is Cc1cc(Cl)cc(CN)c1I. The fourth-order valence-electron chi connectivity index (χ4n) is 0.943. The monoisotopic (exact) mass is 281 g/mol. The summed E-state index contributed by atoms with van der Waals surface area (Å²) in [5.74, 6) is 0. The molecule has 1 rings (SSSR count). The maximum atomic E-state index is 5.84. The minimum absolute atomic E-state index is 0.555. The average molecular weight is 282 g/mol. The van der Waals surface area contributed by atoms with Gasteiger partial charge in [0.1, 0.15) is 0 Å². The molecule has 0 aromatic heterocycles. The summed E-state index contributed by atoms with van der Waals surface area (Å²) < 4.78 is 1.22. The second-order valence-corrected chi connectivity index (χ2v) is 3.92. The van der Waals surface area contributed by atoms with Crippen molar-refractivity contribution in [2.75, 3.05) is 0 Å². The van der Waals surface area contributed by atoms with Crippen LogP contribution in [0.3, 0.4) is 0 Å². The Morgan fingerprint density at radius 1 is 1.55 bits per heavy atom. The summed E-state index contributed by atoms with van der Waals surface area (Å²) in [6, 6.07) is 3.86. The minimum Gasteiger partial charge on any atom is -0.326 e. The third-order valence-corrected chi connectivity index (χ3v) is 3.28. The van der Waals surface area contributed by atoms with Crippen molar-refractivity contribution in [2.45, 2.75) is 13.5 Å². The van der Waals surface area contributed by atoms with Gasteiger partial charge >= 0.3 is 0 Å². The first-order valence-electron chi connectivity index (χ1n) is 3.29. The lowest BCUT2D eigenvalue weighted by molar-refractivity contribution is 1.05. The average Bonchev–Trinajstić information content (AvgIpc) is 1.96. The fourth-order valence-corrected chi connectivity index (χ4v) is 1.77. The van der Waals surface area contributed by atoms with Crippen LogP contribution in [0.15, 0.2) is 12.1 Å². The van der Waals surface area contributed by atoms with Crippen molar-refractivity contribution in [2.24, 2.45) is 5.73 Å². The quantitative estimate of drug-likeness (QED) is 0.787. The molecule has 0 aliphatic heterocycles. The highest BCUT2D eigenvalue weighted by Gasteiger charge is 2.02. The van der Waals surface area contributed by atoms with Gasteiger partial charge in [0, 0.05) is 15.1 Å². The fraction of sp³-hybridized carbons (Fsp3) is 0.250. The zero-order valence-electron chi connectivity index (χ0n) is 6.20. The van der Waals surface area contributed by atoms with Gasteiger partial charge in [0.2, 0.25) is 0 Å². The van der Waals surface area contributed by atoms with E-state index in [-0.39, 0.29) is 0 Å². The van der Waals surface area contributed by atoms with Crippen LogP contribution in [0.2, 0.25) is 5.02 Å². The van der Waals surface area contributed by atoms with Gasteiger partial charge in [-0.05, 0) is 52.8 Å². The Balaban J connectivity index is 3.24. The molecule has 0 spiro atoms. The molecule has 0 aliphatic rings. The van der Waals surface area contributed by atoms with Crippen LogP contribution in [0.4, 0.5) is 0 Å². The van der Waals surface area contributed by atoms with Crippen LogP contribution in [-0.2, 0) is 6.54 Å². The first-order chi connectivity index (χ1) is 5.15. The third-order valence-electron chi connectivity index (χ3n) is 1.51. The van der Waals surface area contributed by atoms with Gasteiger partial charge in [-0.2, -0.15) is 0 Å². The largest absolute Gasteiger partial charge is 0.326 e. The lowest BCUT2D eigenvalue weighted by atomic mass is 10.1. The molecule has 0 heterocycles. The Kier molecular flexibility index (Phi) is 3.16. The van der Waals surface area contributed by atoms with Gasteiger partial charge < -0.3 is 5.73 Å². The zero-order valence-corrected chi connectivity index (χ0v) is 9.11. The molecule has 0 radical (unpaired) electrons.